The van der Waals surface area contributed by atoms with E-state index in [0.717, 1.165) is 24.2 Å². The number of phenolic OH excluding ortho intramolecular Hbond substituents is 1. The normalized spacial score (nSPS) is 20.4. The van der Waals surface area contributed by atoms with E-state index in [2.05, 4.69) is 17.1 Å². The second-order valence-corrected chi connectivity index (χ2v) is 12.3. The molecular formula is C27H30ClN3O5S. The molecule has 0 radical (unpaired) electrons. The van der Waals surface area contributed by atoms with Crippen molar-refractivity contribution in [2.75, 3.05) is 18.1 Å². The molecule has 5 rings (SSSR count). The van der Waals surface area contributed by atoms with Gasteiger partial charge in [0.05, 0.1) is 24.2 Å². The van der Waals surface area contributed by atoms with E-state index in [-0.39, 0.29) is 23.2 Å². The third kappa shape index (κ3) is 5.07. The first-order chi connectivity index (χ1) is 17.8. The zero-order valence-electron chi connectivity index (χ0n) is 20.6. The Morgan fingerprint density at radius 1 is 1.16 bits per heavy atom. The predicted molar refractivity (Wildman–Crippen MR) is 142 cm³/mol. The molecule has 0 bridgehead atoms. The summed E-state index contributed by atoms with van der Waals surface area (Å²) in [7, 11) is -3.23. The number of benzene rings is 2. The Labute approximate surface area is 221 Å². The smallest absolute Gasteiger partial charge is 0.273 e. The Balaban J connectivity index is 1.52. The van der Waals surface area contributed by atoms with E-state index >= 15 is 0 Å². The number of fused-ring (bicyclic) bond motifs is 1. The maximum atomic E-state index is 13.6. The molecule has 3 aromatic rings. The zero-order chi connectivity index (χ0) is 26.2. The molecular weight excluding hydrogens is 514 g/mol. The SMILES string of the molecule is CCCCCCOc1ccc(C2c3c(-c4cc(Cl)ccc4O)n[nH]c3C(=O)N2C2CCS(=O)(=O)C2)cc1. The molecule has 10 heteroatoms. The van der Waals surface area contributed by atoms with Crippen LogP contribution in [-0.2, 0) is 9.84 Å². The van der Waals surface area contributed by atoms with Crippen LogP contribution in [-0.4, -0.2) is 58.7 Å². The van der Waals surface area contributed by atoms with Crippen molar-refractivity contribution in [3.05, 3.63) is 64.3 Å². The summed E-state index contributed by atoms with van der Waals surface area (Å²) in [4.78, 5) is 15.3. The molecule has 2 unspecified atom stereocenters. The van der Waals surface area contributed by atoms with Gasteiger partial charge >= 0.3 is 0 Å². The molecule has 0 aliphatic carbocycles. The van der Waals surface area contributed by atoms with Gasteiger partial charge in [0.15, 0.2) is 9.84 Å². The van der Waals surface area contributed by atoms with Gasteiger partial charge in [-0.1, -0.05) is 49.9 Å². The van der Waals surface area contributed by atoms with Gasteiger partial charge in [0.2, 0.25) is 0 Å². The first kappa shape index (κ1) is 25.6. The topological polar surface area (TPSA) is 113 Å². The second kappa shape index (κ2) is 10.4. The Morgan fingerprint density at radius 2 is 1.95 bits per heavy atom. The lowest BCUT2D eigenvalue weighted by Gasteiger charge is -2.31. The van der Waals surface area contributed by atoms with Gasteiger partial charge in [-0.05, 0) is 48.7 Å². The number of carbonyl (C=O) groups is 1. The molecule has 2 N–H and O–H groups in total. The average molecular weight is 544 g/mol. The van der Waals surface area contributed by atoms with E-state index in [1.54, 1.807) is 17.0 Å². The number of phenols is 1. The number of rotatable bonds is 9. The Hall–Kier alpha value is -3.04. The highest BCUT2D eigenvalue weighted by atomic mass is 35.5. The van der Waals surface area contributed by atoms with Crippen LogP contribution < -0.4 is 4.74 Å². The number of amides is 1. The molecule has 0 saturated carbocycles. The third-order valence-electron chi connectivity index (χ3n) is 7.08. The first-order valence-corrected chi connectivity index (χ1v) is 14.8. The summed E-state index contributed by atoms with van der Waals surface area (Å²) in [5.74, 6) is 0.383. The van der Waals surface area contributed by atoms with Crippen LogP contribution >= 0.6 is 11.6 Å². The van der Waals surface area contributed by atoms with E-state index in [0.29, 0.717) is 40.6 Å². The average Bonchev–Trinajstić information content (AvgIpc) is 3.54. The van der Waals surface area contributed by atoms with Crippen LogP contribution in [0.15, 0.2) is 42.5 Å². The number of nitrogens with one attached hydrogen (secondary N) is 1. The molecule has 2 aliphatic rings. The number of hydrogen-bond acceptors (Lipinski definition) is 6. The summed E-state index contributed by atoms with van der Waals surface area (Å²) in [5, 5.41) is 18.2. The molecule has 2 atom stereocenters. The van der Waals surface area contributed by atoms with Crippen molar-refractivity contribution in [1.82, 2.24) is 15.1 Å². The minimum atomic E-state index is -3.23. The fraction of sp³-hybridized carbons (Fsp3) is 0.407. The zero-order valence-corrected chi connectivity index (χ0v) is 22.2. The van der Waals surface area contributed by atoms with Crippen molar-refractivity contribution in [2.24, 2.45) is 0 Å². The van der Waals surface area contributed by atoms with Gasteiger partial charge in [0, 0.05) is 22.2 Å². The summed E-state index contributed by atoms with van der Waals surface area (Å²) < 4.78 is 30.5. The Morgan fingerprint density at radius 3 is 2.65 bits per heavy atom. The summed E-state index contributed by atoms with van der Waals surface area (Å²) in [6.07, 6.45) is 4.84. The number of H-pyrrole nitrogens is 1. The van der Waals surface area contributed by atoms with Gasteiger partial charge in [-0.25, -0.2) is 8.42 Å². The number of aromatic hydroxyl groups is 1. The van der Waals surface area contributed by atoms with Gasteiger partial charge in [-0.2, -0.15) is 5.10 Å². The van der Waals surface area contributed by atoms with Crippen molar-refractivity contribution < 1.29 is 23.1 Å². The molecule has 1 aromatic heterocycles. The Bertz CT molecular complexity index is 1400. The lowest BCUT2D eigenvalue weighted by molar-refractivity contribution is 0.0677. The third-order valence-corrected chi connectivity index (χ3v) is 9.07. The lowest BCUT2D eigenvalue weighted by atomic mass is 9.95. The summed E-state index contributed by atoms with van der Waals surface area (Å²) >= 11 is 6.21. The summed E-state index contributed by atoms with van der Waals surface area (Å²) in [6, 6.07) is 11.2. The van der Waals surface area contributed by atoms with Crippen molar-refractivity contribution in [1.29, 1.82) is 0 Å². The highest BCUT2D eigenvalue weighted by molar-refractivity contribution is 7.91. The fourth-order valence-corrected chi connectivity index (χ4v) is 7.12. The molecule has 1 amide bonds. The number of carbonyl (C=O) groups excluding carboxylic acids is 1. The van der Waals surface area contributed by atoms with E-state index < -0.39 is 21.9 Å². The van der Waals surface area contributed by atoms with Crippen molar-refractivity contribution in [3.63, 3.8) is 0 Å². The standard InChI is InChI=1S/C27H30ClN3O5S/c1-2-3-4-5-13-36-20-9-6-17(7-10-20)26-23-24(21-15-18(28)8-11-22(21)32)29-30-25(23)27(33)31(26)19-12-14-37(34,35)16-19/h6-11,15,19,26,32H,2-5,12-14,16H2,1H3,(H,29,30). The number of unbranched alkanes of at least 4 members (excludes halogenated alkanes) is 3. The second-order valence-electron chi connectivity index (χ2n) is 9.67. The molecule has 2 aliphatic heterocycles. The largest absolute Gasteiger partial charge is 0.507 e. The minimum absolute atomic E-state index is 0.0152. The van der Waals surface area contributed by atoms with E-state index in [9.17, 15) is 18.3 Å². The van der Waals surface area contributed by atoms with Crippen LogP contribution in [0.5, 0.6) is 11.5 Å². The molecule has 3 heterocycles. The number of aromatic nitrogens is 2. The summed E-state index contributed by atoms with van der Waals surface area (Å²) in [5.41, 5.74) is 2.50. The van der Waals surface area contributed by atoms with Gasteiger partial charge in [-0.15, -0.1) is 0 Å². The van der Waals surface area contributed by atoms with Crippen LogP contribution in [0.1, 0.15) is 66.7 Å². The molecule has 37 heavy (non-hydrogen) atoms. The van der Waals surface area contributed by atoms with Crippen LogP contribution in [0.25, 0.3) is 11.3 Å². The maximum Gasteiger partial charge on any atom is 0.273 e. The molecule has 1 fully saturated rings. The first-order valence-electron chi connectivity index (χ1n) is 12.6. The molecule has 196 valence electrons. The van der Waals surface area contributed by atoms with Crippen LogP contribution in [0.3, 0.4) is 0 Å². The highest BCUT2D eigenvalue weighted by Crippen LogP contribution is 2.47. The van der Waals surface area contributed by atoms with Crippen LogP contribution in [0, 0.1) is 0 Å². The Kier molecular flexibility index (Phi) is 7.18. The molecule has 8 nitrogen and oxygen atoms in total. The van der Waals surface area contributed by atoms with Crippen molar-refractivity contribution >= 4 is 27.3 Å². The van der Waals surface area contributed by atoms with Gasteiger partial charge in [0.25, 0.3) is 5.91 Å². The summed E-state index contributed by atoms with van der Waals surface area (Å²) in [6.45, 7) is 2.81. The molecule has 1 saturated heterocycles. The minimum Gasteiger partial charge on any atom is -0.507 e. The number of aromatic amines is 1. The van der Waals surface area contributed by atoms with Crippen LogP contribution in [0.2, 0.25) is 5.02 Å². The number of nitrogens with zero attached hydrogens (tertiary/aromatic N) is 2. The lowest BCUT2D eigenvalue weighted by Crippen LogP contribution is -2.40. The van der Waals surface area contributed by atoms with E-state index in [1.165, 1.54) is 18.9 Å². The molecule has 2 aromatic carbocycles. The number of halogens is 1. The van der Waals surface area contributed by atoms with Gasteiger partial charge in [-0.3, -0.25) is 9.89 Å². The van der Waals surface area contributed by atoms with Gasteiger partial charge < -0.3 is 14.7 Å². The maximum absolute atomic E-state index is 13.6. The number of sulfone groups is 1. The van der Waals surface area contributed by atoms with Crippen molar-refractivity contribution in [2.45, 2.75) is 51.1 Å². The van der Waals surface area contributed by atoms with E-state index in [4.69, 9.17) is 16.3 Å². The quantitative estimate of drug-likeness (QED) is 0.362. The highest BCUT2D eigenvalue weighted by Gasteiger charge is 2.48. The number of hydrogen-bond donors (Lipinski definition) is 2. The van der Waals surface area contributed by atoms with Crippen molar-refractivity contribution in [3.8, 4) is 22.8 Å². The fourth-order valence-electron chi connectivity index (χ4n) is 5.23. The van der Waals surface area contributed by atoms with Crippen LogP contribution in [0.4, 0.5) is 0 Å². The number of ether oxygens (including phenoxy) is 1. The predicted octanol–water partition coefficient (Wildman–Crippen LogP) is 5.13. The van der Waals surface area contributed by atoms with E-state index in [1.807, 2.05) is 24.3 Å². The van der Waals surface area contributed by atoms with Gasteiger partial charge in [0.1, 0.15) is 22.9 Å². The molecule has 0 spiro atoms. The monoisotopic (exact) mass is 543 g/mol.